The molecule has 1 unspecified atom stereocenters. The molecule has 1 atom stereocenters. The van der Waals surface area contributed by atoms with Crippen molar-refractivity contribution in [2.75, 3.05) is 6.54 Å². The average molecular weight is 284 g/mol. The molecule has 2 amide bonds. The molecule has 1 aliphatic heterocycles. The molecule has 1 aromatic heterocycles. The van der Waals surface area contributed by atoms with E-state index in [1.807, 2.05) is 36.5 Å². The SMILES string of the molecule is NC(=O)C1CC(=O)N(Cc2ccc(-n3cccn3)cc2)C1. The maximum atomic E-state index is 11.9. The van der Waals surface area contributed by atoms with Crippen molar-refractivity contribution in [3.05, 3.63) is 48.3 Å². The molecule has 21 heavy (non-hydrogen) atoms. The van der Waals surface area contributed by atoms with E-state index in [0.717, 1.165) is 11.3 Å². The van der Waals surface area contributed by atoms with E-state index in [2.05, 4.69) is 5.10 Å². The lowest BCUT2D eigenvalue weighted by Gasteiger charge is -2.16. The van der Waals surface area contributed by atoms with Crippen molar-refractivity contribution >= 4 is 11.8 Å². The van der Waals surface area contributed by atoms with E-state index in [1.165, 1.54) is 0 Å². The summed E-state index contributed by atoms with van der Waals surface area (Å²) >= 11 is 0. The molecule has 2 aromatic rings. The Bertz CT molecular complexity index is 649. The zero-order valence-corrected chi connectivity index (χ0v) is 11.5. The standard InChI is InChI=1S/C15H16N4O2/c16-15(21)12-8-14(20)18(10-12)9-11-2-4-13(5-3-11)19-7-1-6-17-19/h1-7,12H,8-10H2,(H2,16,21). The summed E-state index contributed by atoms with van der Waals surface area (Å²) in [6.45, 7) is 0.914. The number of carbonyl (C=O) groups excluding carboxylic acids is 2. The number of hydrogen-bond donors (Lipinski definition) is 1. The number of benzene rings is 1. The first-order valence-electron chi connectivity index (χ1n) is 6.79. The minimum absolute atomic E-state index is 0.0186. The van der Waals surface area contributed by atoms with Crippen LogP contribution in [0.25, 0.3) is 5.69 Å². The molecular formula is C15H16N4O2. The molecule has 3 rings (SSSR count). The van der Waals surface area contributed by atoms with Gasteiger partial charge in [-0.15, -0.1) is 0 Å². The third kappa shape index (κ3) is 2.79. The number of nitrogens with zero attached hydrogens (tertiary/aromatic N) is 3. The molecule has 1 saturated heterocycles. The first kappa shape index (κ1) is 13.4. The Hall–Kier alpha value is -2.63. The lowest BCUT2D eigenvalue weighted by atomic mass is 10.1. The highest BCUT2D eigenvalue weighted by Crippen LogP contribution is 2.20. The molecule has 6 nitrogen and oxygen atoms in total. The van der Waals surface area contributed by atoms with Gasteiger partial charge in [0.15, 0.2) is 0 Å². The number of primary amides is 1. The van der Waals surface area contributed by atoms with Crippen LogP contribution in [-0.2, 0) is 16.1 Å². The van der Waals surface area contributed by atoms with Gasteiger partial charge in [-0.2, -0.15) is 5.10 Å². The van der Waals surface area contributed by atoms with Crippen molar-refractivity contribution in [2.45, 2.75) is 13.0 Å². The topological polar surface area (TPSA) is 81.2 Å². The summed E-state index contributed by atoms with van der Waals surface area (Å²) in [4.78, 5) is 24.7. The van der Waals surface area contributed by atoms with Crippen molar-refractivity contribution in [1.82, 2.24) is 14.7 Å². The maximum Gasteiger partial charge on any atom is 0.223 e. The van der Waals surface area contributed by atoms with Crippen LogP contribution in [0, 0.1) is 5.92 Å². The Labute approximate surface area is 122 Å². The van der Waals surface area contributed by atoms with E-state index in [-0.39, 0.29) is 18.2 Å². The number of nitrogens with two attached hydrogens (primary N) is 1. The molecule has 0 radical (unpaired) electrons. The Morgan fingerprint density at radius 3 is 2.67 bits per heavy atom. The predicted molar refractivity (Wildman–Crippen MR) is 76.3 cm³/mol. The predicted octanol–water partition coefficient (Wildman–Crippen LogP) is 0.706. The maximum absolute atomic E-state index is 11.9. The number of likely N-dealkylation sites (tertiary alicyclic amines) is 1. The normalized spacial score (nSPS) is 18.2. The van der Waals surface area contributed by atoms with E-state index in [1.54, 1.807) is 15.8 Å². The van der Waals surface area contributed by atoms with Gasteiger partial charge in [-0.05, 0) is 23.8 Å². The van der Waals surface area contributed by atoms with Crippen LogP contribution in [0.15, 0.2) is 42.7 Å². The van der Waals surface area contributed by atoms with Gasteiger partial charge < -0.3 is 10.6 Å². The highest BCUT2D eigenvalue weighted by atomic mass is 16.2. The van der Waals surface area contributed by atoms with Gasteiger partial charge in [0.05, 0.1) is 11.6 Å². The Morgan fingerprint density at radius 1 is 1.33 bits per heavy atom. The Morgan fingerprint density at radius 2 is 2.10 bits per heavy atom. The van der Waals surface area contributed by atoms with Gasteiger partial charge in [0.2, 0.25) is 11.8 Å². The molecule has 1 aliphatic rings. The molecule has 0 bridgehead atoms. The molecule has 108 valence electrons. The summed E-state index contributed by atoms with van der Waals surface area (Å²) in [5.41, 5.74) is 7.24. The lowest BCUT2D eigenvalue weighted by molar-refractivity contribution is -0.128. The van der Waals surface area contributed by atoms with E-state index in [9.17, 15) is 9.59 Å². The van der Waals surface area contributed by atoms with Crippen LogP contribution in [0.2, 0.25) is 0 Å². The minimum atomic E-state index is -0.403. The summed E-state index contributed by atoms with van der Waals surface area (Å²) < 4.78 is 1.77. The summed E-state index contributed by atoms with van der Waals surface area (Å²) in [7, 11) is 0. The second kappa shape index (κ2) is 5.40. The molecule has 0 aliphatic carbocycles. The van der Waals surface area contributed by atoms with E-state index < -0.39 is 5.91 Å². The van der Waals surface area contributed by atoms with Crippen LogP contribution in [0.3, 0.4) is 0 Å². The monoisotopic (exact) mass is 284 g/mol. The van der Waals surface area contributed by atoms with Crippen LogP contribution in [0.1, 0.15) is 12.0 Å². The number of aromatic nitrogens is 2. The second-order valence-electron chi connectivity index (χ2n) is 5.19. The van der Waals surface area contributed by atoms with Crippen LogP contribution >= 0.6 is 0 Å². The highest BCUT2D eigenvalue weighted by Gasteiger charge is 2.32. The molecule has 1 fully saturated rings. The van der Waals surface area contributed by atoms with Gasteiger partial charge in [0.25, 0.3) is 0 Å². The molecule has 0 saturated carbocycles. The van der Waals surface area contributed by atoms with Crippen LogP contribution in [-0.4, -0.2) is 33.0 Å². The summed E-state index contributed by atoms with van der Waals surface area (Å²) in [6, 6.07) is 9.69. The fraction of sp³-hybridized carbons (Fsp3) is 0.267. The third-order valence-corrected chi connectivity index (χ3v) is 3.70. The highest BCUT2D eigenvalue weighted by molar-refractivity contribution is 5.88. The first-order chi connectivity index (χ1) is 10.1. The summed E-state index contributed by atoms with van der Waals surface area (Å²) in [5.74, 6) is -0.782. The fourth-order valence-corrected chi connectivity index (χ4v) is 2.51. The van der Waals surface area contributed by atoms with Crippen molar-refractivity contribution in [3.8, 4) is 5.69 Å². The Kier molecular flexibility index (Phi) is 3.43. The van der Waals surface area contributed by atoms with Gasteiger partial charge in [-0.3, -0.25) is 9.59 Å². The molecular weight excluding hydrogens is 268 g/mol. The summed E-state index contributed by atoms with van der Waals surface area (Å²) in [5, 5.41) is 4.16. The van der Waals surface area contributed by atoms with Gasteiger partial charge in [-0.25, -0.2) is 4.68 Å². The number of hydrogen-bond acceptors (Lipinski definition) is 3. The van der Waals surface area contributed by atoms with Crippen LogP contribution < -0.4 is 5.73 Å². The molecule has 2 heterocycles. The second-order valence-corrected chi connectivity index (χ2v) is 5.19. The van der Waals surface area contributed by atoms with Crippen LogP contribution in [0.5, 0.6) is 0 Å². The third-order valence-electron chi connectivity index (χ3n) is 3.70. The van der Waals surface area contributed by atoms with Crippen molar-refractivity contribution in [2.24, 2.45) is 11.7 Å². The number of carbonyl (C=O) groups is 2. The summed E-state index contributed by atoms with van der Waals surface area (Å²) in [6.07, 6.45) is 3.82. The quantitative estimate of drug-likeness (QED) is 0.897. The number of amides is 2. The van der Waals surface area contributed by atoms with Gasteiger partial charge in [0.1, 0.15) is 0 Å². The fourth-order valence-electron chi connectivity index (χ4n) is 2.51. The Balaban J connectivity index is 1.68. The largest absolute Gasteiger partial charge is 0.369 e. The van der Waals surface area contributed by atoms with Crippen molar-refractivity contribution in [1.29, 1.82) is 0 Å². The zero-order chi connectivity index (χ0) is 14.8. The molecule has 1 aromatic carbocycles. The van der Waals surface area contributed by atoms with Gasteiger partial charge in [-0.1, -0.05) is 12.1 Å². The van der Waals surface area contributed by atoms with E-state index in [0.29, 0.717) is 13.1 Å². The molecule has 0 spiro atoms. The van der Waals surface area contributed by atoms with Crippen molar-refractivity contribution in [3.63, 3.8) is 0 Å². The molecule has 2 N–H and O–H groups in total. The lowest BCUT2D eigenvalue weighted by Crippen LogP contribution is -2.28. The van der Waals surface area contributed by atoms with Crippen molar-refractivity contribution < 1.29 is 9.59 Å². The van der Waals surface area contributed by atoms with E-state index in [4.69, 9.17) is 5.73 Å². The van der Waals surface area contributed by atoms with E-state index >= 15 is 0 Å². The smallest absolute Gasteiger partial charge is 0.223 e. The minimum Gasteiger partial charge on any atom is -0.369 e. The molecule has 6 heteroatoms. The average Bonchev–Trinajstić information content (AvgIpc) is 3.10. The van der Waals surface area contributed by atoms with Gasteiger partial charge in [0, 0.05) is 31.9 Å². The van der Waals surface area contributed by atoms with Gasteiger partial charge >= 0.3 is 0 Å². The number of rotatable bonds is 4. The first-order valence-corrected chi connectivity index (χ1v) is 6.79. The zero-order valence-electron chi connectivity index (χ0n) is 11.5. The van der Waals surface area contributed by atoms with Crippen LogP contribution in [0.4, 0.5) is 0 Å².